The maximum absolute atomic E-state index is 13.1. The zero-order chi connectivity index (χ0) is 19.1. The highest BCUT2D eigenvalue weighted by Gasteiger charge is 2.33. The highest BCUT2D eigenvalue weighted by Crippen LogP contribution is 2.21. The summed E-state index contributed by atoms with van der Waals surface area (Å²) < 4.78 is 18.5. The van der Waals surface area contributed by atoms with Gasteiger partial charge in [0.2, 0.25) is 11.8 Å². The summed E-state index contributed by atoms with van der Waals surface area (Å²) >= 11 is 0. The molecule has 1 aromatic carbocycles. The molecule has 1 aliphatic rings. The van der Waals surface area contributed by atoms with E-state index in [1.807, 2.05) is 11.8 Å². The van der Waals surface area contributed by atoms with Gasteiger partial charge >= 0.3 is 0 Å². The van der Waals surface area contributed by atoms with Gasteiger partial charge < -0.3 is 14.5 Å². The van der Waals surface area contributed by atoms with Crippen molar-refractivity contribution in [1.82, 2.24) is 9.80 Å². The number of amides is 2. The fraction of sp³-hybridized carbons (Fsp3) is 0.600. The summed E-state index contributed by atoms with van der Waals surface area (Å²) in [6.45, 7) is 8.06. The van der Waals surface area contributed by atoms with Gasteiger partial charge in [-0.3, -0.25) is 9.59 Å². The third kappa shape index (κ3) is 5.53. The van der Waals surface area contributed by atoms with Crippen molar-refractivity contribution in [3.63, 3.8) is 0 Å². The van der Waals surface area contributed by atoms with Gasteiger partial charge in [0.15, 0.2) is 0 Å². The van der Waals surface area contributed by atoms with E-state index in [0.717, 1.165) is 12.0 Å². The first-order chi connectivity index (χ1) is 12.4. The summed E-state index contributed by atoms with van der Waals surface area (Å²) in [6.07, 6.45) is 1.16. The molecule has 0 aromatic heterocycles. The van der Waals surface area contributed by atoms with Crippen molar-refractivity contribution in [2.24, 2.45) is 5.92 Å². The van der Waals surface area contributed by atoms with Crippen molar-refractivity contribution >= 4 is 11.8 Å². The second-order valence-corrected chi connectivity index (χ2v) is 7.10. The molecule has 1 heterocycles. The lowest BCUT2D eigenvalue weighted by Gasteiger charge is -2.34. The topological polar surface area (TPSA) is 49.9 Å². The largest absolute Gasteiger partial charge is 0.372 e. The minimum atomic E-state index is -0.291. The van der Waals surface area contributed by atoms with Crippen LogP contribution in [0.4, 0.5) is 4.39 Å². The van der Waals surface area contributed by atoms with Crippen LogP contribution < -0.4 is 0 Å². The number of nitrogens with zero attached hydrogens (tertiary/aromatic N) is 2. The zero-order valence-corrected chi connectivity index (χ0v) is 15.9. The number of benzene rings is 1. The predicted octanol–water partition coefficient (Wildman–Crippen LogP) is 2.84. The van der Waals surface area contributed by atoms with E-state index in [9.17, 15) is 14.0 Å². The number of carbonyl (C=O) groups is 2. The van der Waals surface area contributed by atoms with E-state index in [4.69, 9.17) is 4.74 Å². The van der Waals surface area contributed by atoms with E-state index < -0.39 is 0 Å². The Balaban J connectivity index is 2.11. The van der Waals surface area contributed by atoms with Gasteiger partial charge in [-0.2, -0.15) is 0 Å². The average molecular weight is 364 g/mol. The summed E-state index contributed by atoms with van der Waals surface area (Å²) in [6, 6.07) is 6.13. The molecule has 0 saturated carbocycles. The van der Waals surface area contributed by atoms with Crippen LogP contribution in [0.25, 0.3) is 0 Å². The molecule has 0 unspecified atom stereocenters. The molecule has 6 heteroatoms. The van der Waals surface area contributed by atoms with Crippen LogP contribution in [0.3, 0.4) is 0 Å². The molecule has 1 saturated heterocycles. The van der Waals surface area contributed by atoms with Gasteiger partial charge in [-0.05, 0) is 30.0 Å². The molecule has 0 radical (unpaired) electrons. The molecule has 0 N–H and O–H groups in total. The number of hydrogen-bond donors (Lipinski definition) is 0. The maximum Gasteiger partial charge on any atom is 0.248 e. The molecule has 5 nitrogen and oxygen atoms in total. The van der Waals surface area contributed by atoms with E-state index >= 15 is 0 Å². The summed E-state index contributed by atoms with van der Waals surface area (Å²) in [5.41, 5.74) is 0.886. The molecule has 0 bridgehead atoms. The van der Waals surface area contributed by atoms with Crippen LogP contribution in [0.15, 0.2) is 24.3 Å². The number of halogens is 1. The molecule has 2 amide bonds. The van der Waals surface area contributed by atoms with Crippen molar-refractivity contribution in [3.8, 4) is 0 Å². The van der Waals surface area contributed by atoms with Crippen LogP contribution in [0.1, 0.15) is 39.2 Å². The van der Waals surface area contributed by atoms with Gasteiger partial charge in [-0.15, -0.1) is 0 Å². The van der Waals surface area contributed by atoms with Gasteiger partial charge in [-0.25, -0.2) is 4.39 Å². The van der Waals surface area contributed by atoms with Crippen LogP contribution in [-0.2, 0) is 20.9 Å². The van der Waals surface area contributed by atoms with Gasteiger partial charge in [-0.1, -0.05) is 32.9 Å². The third-order valence-corrected chi connectivity index (χ3v) is 4.69. The quantitative estimate of drug-likeness (QED) is 0.699. The van der Waals surface area contributed by atoms with Crippen molar-refractivity contribution in [2.45, 2.75) is 46.2 Å². The number of carbonyl (C=O) groups excluding carboxylic acids is 2. The Labute approximate surface area is 155 Å². The molecule has 2 rings (SSSR count). The van der Waals surface area contributed by atoms with Gasteiger partial charge in [0.25, 0.3) is 0 Å². The lowest BCUT2D eigenvalue weighted by atomic mass is 10.0. The van der Waals surface area contributed by atoms with Crippen LogP contribution in [-0.4, -0.2) is 54.0 Å². The molecule has 1 aromatic rings. The Morgan fingerprint density at radius 1 is 1.31 bits per heavy atom. The molecular formula is C20H29FN2O3. The highest BCUT2D eigenvalue weighted by atomic mass is 19.1. The van der Waals surface area contributed by atoms with Crippen LogP contribution in [0, 0.1) is 11.7 Å². The molecule has 1 atom stereocenters. The van der Waals surface area contributed by atoms with E-state index in [1.165, 1.54) is 12.1 Å². The molecule has 26 heavy (non-hydrogen) atoms. The van der Waals surface area contributed by atoms with Gasteiger partial charge in [0.05, 0.1) is 6.04 Å². The minimum absolute atomic E-state index is 0.0257. The first-order valence-corrected chi connectivity index (χ1v) is 9.31. The fourth-order valence-corrected chi connectivity index (χ4v) is 3.16. The minimum Gasteiger partial charge on any atom is -0.372 e. The number of ether oxygens (including phenoxy) is 1. The first kappa shape index (κ1) is 20.4. The Morgan fingerprint density at radius 2 is 2.00 bits per heavy atom. The van der Waals surface area contributed by atoms with Crippen LogP contribution >= 0.6 is 0 Å². The molecule has 0 spiro atoms. The smallest absolute Gasteiger partial charge is 0.248 e. The molecule has 0 aliphatic carbocycles. The lowest BCUT2D eigenvalue weighted by molar-refractivity contribution is -0.137. The van der Waals surface area contributed by atoms with E-state index in [2.05, 4.69) is 13.8 Å². The normalized spacial score (nSPS) is 18.3. The van der Waals surface area contributed by atoms with Gasteiger partial charge in [0, 0.05) is 32.7 Å². The second kappa shape index (κ2) is 9.67. The first-order valence-electron chi connectivity index (χ1n) is 9.31. The molecular weight excluding hydrogens is 335 g/mol. The Morgan fingerprint density at radius 3 is 2.62 bits per heavy atom. The predicted molar refractivity (Wildman–Crippen MR) is 97.9 cm³/mol. The molecule has 1 fully saturated rings. The standard InChI is InChI=1S/C20H29FN2O3/c1-4-11-26-14-20(25)22-10-9-19(24)23(18(13-22)15(2)3)12-16-5-7-17(21)8-6-16/h5-8,15,18H,4,9-14H2,1-3H3/t18-/m0/s1. The summed E-state index contributed by atoms with van der Waals surface area (Å²) in [5.74, 6) is -0.136. The Kier molecular flexibility index (Phi) is 7.57. The Hall–Kier alpha value is -1.95. The lowest BCUT2D eigenvalue weighted by Crippen LogP contribution is -2.47. The van der Waals surface area contributed by atoms with Crippen LogP contribution in [0.5, 0.6) is 0 Å². The molecule has 1 aliphatic heterocycles. The van der Waals surface area contributed by atoms with Crippen LogP contribution in [0.2, 0.25) is 0 Å². The summed E-state index contributed by atoms with van der Waals surface area (Å²) in [7, 11) is 0. The van der Waals surface area contributed by atoms with Crippen molar-refractivity contribution < 1.29 is 18.7 Å². The number of rotatable bonds is 7. The van der Waals surface area contributed by atoms with Gasteiger partial charge in [0.1, 0.15) is 12.4 Å². The molecule has 144 valence electrons. The second-order valence-electron chi connectivity index (χ2n) is 7.10. The summed E-state index contributed by atoms with van der Waals surface area (Å²) in [4.78, 5) is 28.7. The van der Waals surface area contributed by atoms with E-state index in [-0.39, 0.29) is 36.2 Å². The summed E-state index contributed by atoms with van der Waals surface area (Å²) in [5, 5.41) is 0. The monoisotopic (exact) mass is 364 g/mol. The number of hydrogen-bond acceptors (Lipinski definition) is 3. The van der Waals surface area contributed by atoms with Crippen molar-refractivity contribution in [2.75, 3.05) is 26.3 Å². The third-order valence-electron chi connectivity index (χ3n) is 4.69. The SMILES string of the molecule is CCCOCC(=O)N1CCC(=O)N(Cc2ccc(F)cc2)[C@H](C(C)C)C1. The zero-order valence-electron chi connectivity index (χ0n) is 15.9. The van der Waals surface area contributed by atoms with E-state index in [0.29, 0.717) is 32.7 Å². The fourth-order valence-electron chi connectivity index (χ4n) is 3.16. The highest BCUT2D eigenvalue weighted by molar-refractivity contribution is 5.81. The van der Waals surface area contributed by atoms with Crippen molar-refractivity contribution in [3.05, 3.63) is 35.6 Å². The van der Waals surface area contributed by atoms with E-state index in [1.54, 1.807) is 17.0 Å². The maximum atomic E-state index is 13.1. The van der Waals surface area contributed by atoms with Crippen molar-refractivity contribution in [1.29, 1.82) is 0 Å². The average Bonchev–Trinajstić information content (AvgIpc) is 2.77. The Bertz CT molecular complexity index is 604.